The van der Waals surface area contributed by atoms with E-state index >= 15 is 0 Å². The number of carbonyl (C=O) groups excluding carboxylic acids is 2. The highest BCUT2D eigenvalue weighted by atomic mass is 32.2. The Morgan fingerprint density at radius 3 is 2.60 bits per heavy atom. The van der Waals surface area contributed by atoms with Crippen LogP contribution in [-0.2, 0) is 14.8 Å². The summed E-state index contributed by atoms with van der Waals surface area (Å²) in [5, 5.41) is 2.32. The molecule has 0 saturated carbocycles. The van der Waals surface area contributed by atoms with E-state index in [1.165, 1.54) is 31.2 Å². The SMILES string of the molecule is Cc1cc(=O)[nH]c(NC(=O)[C@H](C)N2C(=O)c3ccccc3S2(=O)=O)n1. The number of aromatic amines is 1. The number of benzene rings is 1. The Morgan fingerprint density at radius 2 is 1.96 bits per heavy atom. The third kappa shape index (κ3) is 2.80. The Balaban J connectivity index is 1.91. The summed E-state index contributed by atoms with van der Waals surface area (Å²) in [6.07, 6.45) is 0. The third-order valence-electron chi connectivity index (χ3n) is 3.70. The fraction of sp³-hybridized carbons (Fsp3) is 0.200. The molecule has 1 aliphatic heterocycles. The molecule has 2 aromatic rings. The molecule has 0 bridgehead atoms. The van der Waals surface area contributed by atoms with Crippen molar-refractivity contribution in [2.24, 2.45) is 0 Å². The molecular weight excluding hydrogens is 348 g/mol. The second-order valence-electron chi connectivity index (χ2n) is 5.50. The zero-order chi connectivity index (χ0) is 18.4. The molecular formula is C15H14N4O5S. The minimum absolute atomic E-state index is 0.0178. The van der Waals surface area contributed by atoms with E-state index in [0.717, 1.165) is 0 Å². The molecule has 9 nitrogen and oxygen atoms in total. The monoisotopic (exact) mass is 362 g/mol. The highest BCUT2D eigenvalue weighted by molar-refractivity contribution is 7.90. The summed E-state index contributed by atoms with van der Waals surface area (Å²) >= 11 is 0. The summed E-state index contributed by atoms with van der Waals surface area (Å²) in [7, 11) is -4.12. The molecule has 10 heteroatoms. The summed E-state index contributed by atoms with van der Waals surface area (Å²) < 4.78 is 25.6. The Kier molecular flexibility index (Phi) is 3.91. The molecule has 0 saturated heterocycles. The van der Waals surface area contributed by atoms with Gasteiger partial charge in [-0.3, -0.25) is 24.7 Å². The lowest BCUT2D eigenvalue weighted by Gasteiger charge is -2.22. The summed E-state index contributed by atoms with van der Waals surface area (Å²) in [6, 6.07) is 5.66. The van der Waals surface area contributed by atoms with E-state index in [1.54, 1.807) is 13.0 Å². The van der Waals surface area contributed by atoms with Gasteiger partial charge < -0.3 is 0 Å². The molecule has 1 aromatic carbocycles. The molecule has 0 spiro atoms. The average molecular weight is 362 g/mol. The van der Waals surface area contributed by atoms with Crippen LogP contribution in [0.5, 0.6) is 0 Å². The molecule has 2 N–H and O–H groups in total. The average Bonchev–Trinajstić information content (AvgIpc) is 2.73. The van der Waals surface area contributed by atoms with Crippen LogP contribution in [0.15, 0.2) is 40.0 Å². The lowest BCUT2D eigenvalue weighted by atomic mass is 10.2. The minimum Gasteiger partial charge on any atom is -0.294 e. The summed E-state index contributed by atoms with van der Waals surface area (Å²) in [4.78, 5) is 42.3. The predicted octanol–water partition coefficient (Wildman–Crippen LogP) is 0.250. The normalized spacial score (nSPS) is 16.4. The molecule has 2 amide bonds. The summed E-state index contributed by atoms with van der Waals surface area (Å²) in [6.45, 7) is 2.85. The van der Waals surface area contributed by atoms with Gasteiger partial charge in [-0.05, 0) is 26.0 Å². The first-order valence-electron chi connectivity index (χ1n) is 7.28. The summed E-state index contributed by atoms with van der Waals surface area (Å²) in [5.74, 6) is -1.69. The maximum absolute atomic E-state index is 12.6. The number of nitrogens with zero attached hydrogens (tertiary/aromatic N) is 2. The lowest BCUT2D eigenvalue weighted by molar-refractivity contribution is -0.118. The van der Waals surface area contributed by atoms with Gasteiger partial charge in [-0.15, -0.1) is 0 Å². The highest BCUT2D eigenvalue weighted by Gasteiger charge is 2.45. The van der Waals surface area contributed by atoms with Crippen LogP contribution in [0.25, 0.3) is 0 Å². The Labute approximate surface area is 142 Å². The Hall–Kier alpha value is -3.01. The lowest BCUT2D eigenvalue weighted by Crippen LogP contribution is -2.45. The van der Waals surface area contributed by atoms with Crippen molar-refractivity contribution in [2.45, 2.75) is 24.8 Å². The number of sulfonamides is 1. The molecule has 0 fully saturated rings. The number of aryl methyl sites for hydroxylation is 1. The Morgan fingerprint density at radius 1 is 1.28 bits per heavy atom. The van der Waals surface area contributed by atoms with Gasteiger partial charge in [0.15, 0.2) is 0 Å². The van der Waals surface area contributed by atoms with Gasteiger partial charge in [-0.25, -0.2) is 17.7 Å². The van der Waals surface area contributed by atoms with Crippen LogP contribution < -0.4 is 10.9 Å². The molecule has 1 aliphatic rings. The zero-order valence-corrected chi connectivity index (χ0v) is 14.1. The number of nitrogens with one attached hydrogen (secondary N) is 2. The van der Waals surface area contributed by atoms with Gasteiger partial charge in [-0.1, -0.05) is 12.1 Å². The number of anilines is 1. The molecule has 0 unspecified atom stereocenters. The van der Waals surface area contributed by atoms with Crippen molar-refractivity contribution >= 4 is 27.8 Å². The van der Waals surface area contributed by atoms with E-state index in [4.69, 9.17) is 0 Å². The maximum Gasteiger partial charge on any atom is 0.269 e. The maximum atomic E-state index is 12.6. The van der Waals surface area contributed by atoms with E-state index < -0.39 is 33.4 Å². The molecule has 2 heterocycles. The number of rotatable bonds is 3. The van der Waals surface area contributed by atoms with Gasteiger partial charge in [0.2, 0.25) is 11.9 Å². The first kappa shape index (κ1) is 16.8. The van der Waals surface area contributed by atoms with Crippen LogP contribution in [0.3, 0.4) is 0 Å². The van der Waals surface area contributed by atoms with Gasteiger partial charge in [-0.2, -0.15) is 0 Å². The van der Waals surface area contributed by atoms with Crippen molar-refractivity contribution in [3.8, 4) is 0 Å². The molecule has 25 heavy (non-hydrogen) atoms. The van der Waals surface area contributed by atoms with E-state index in [0.29, 0.717) is 10.00 Å². The number of hydrogen-bond donors (Lipinski definition) is 2. The standard InChI is InChI=1S/C15H14N4O5S/c1-8-7-12(20)17-15(16-8)18-13(21)9(2)19-14(22)10-5-3-4-6-11(10)25(19,23)24/h3-7,9H,1-2H3,(H2,16,17,18,20,21)/t9-/m0/s1. The van der Waals surface area contributed by atoms with E-state index in [-0.39, 0.29) is 16.4 Å². The predicted molar refractivity (Wildman–Crippen MR) is 87.5 cm³/mol. The van der Waals surface area contributed by atoms with E-state index in [9.17, 15) is 22.8 Å². The molecule has 3 rings (SSSR count). The fourth-order valence-electron chi connectivity index (χ4n) is 2.55. The van der Waals surface area contributed by atoms with Gasteiger partial charge in [0.05, 0.1) is 5.56 Å². The van der Waals surface area contributed by atoms with Crippen LogP contribution in [0.2, 0.25) is 0 Å². The second kappa shape index (κ2) is 5.81. The third-order valence-corrected chi connectivity index (χ3v) is 5.61. The van der Waals surface area contributed by atoms with Gasteiger partial charge in [0.1, 0.15) is 10.9 Å². The van der Waals surface area contributed by atoms with Gasteiger partial charge in [0, 0.05) is 11.8 Å². The van der Waals surface area contributed by atoms with Gasteiger partial charge in [0.25, 0.3) is 21.5 Å². The smallest absolute Gasteiger partial charge is 0.269 e. The van der Waals surface area contributed by atoms with Crippen LogP contribution in [0.4, 0.5) is 5.95 Å². The molecule has 0 aliphatic carbocycles. The van der Waals surface area contributed by atoms with E-state index in [1.807, 2.05) is 0 Å². The van der Waals surface area contributed by atoms with Crippen molar-refractivity contribution in [1.29, 1.82) is 0 Å². The van der Waals surface area contributed by atoms with E-state index in [2.05, 4.69) is 15.3 Å². The molecule has 1 atom stereocenters. The number of amides is 2. The molecule has 130 valence electrons. The number of carbonyl (C=O) groups is 2. The summed E-state index contributed by atoms with van der Waals surface area (Å²) in [5.41, 5.74) is -0.0686. The first-order valence-corrected chi connectivity index (χ1v) is 8.72. The first-order chi connectivity index (χ1) is 11.7. The second-order valence-corrected chi connectivity index (χ2v) is 7.29. The zero-order valence-electron chi connectivity index (χ0n) is 13.3. The minimum atomic E-state index is -4.12. The topological polar surface area (TPSA) is 129 Å². The molecule has 0 radical (unpaired) electrons. The molecule has 1 aromatic heterocycles. The number of H-pyrrole nitrogens is 1. The van der Waals surface area contributed by atoms with Crippen LogP contribution in [-0.4, -0.2) is 40.5 Å². The van der Waals surface area contributed by atoms with Crippen molar-refractivity contribution < 1.29 is 18.0 Å². The number of aromatic nitrogens is 2. The van der Waals surface area contributed by atoms with Crippen molar-refractivity contribution in [1.82, 2.24) is 14.3 Å². The number of hydrogen-bond acceptors (Lipinski definition) is 6. The van der Waals surface area contributed by atoms with Gasteiger partial charge >= 0.3 is 0 Å². The van der Waals surface area contributed by atoms with Crippen LogP contribution in [0, 0.1) is 6.92 Å². The quantitative estimate of drug-likeness (QED) is 0.805. The van der Waals surface area contributed by atoms with Crippen molar-refractivity contribution in [2.75, 3.05) is 5.32 Å². The Bertz CT molecular complexity index is 1040. The number of fused-ring (bicyclic) bond motifs is 1. The fourth-order valence-corrected chi connectivity index (χ4v) is 4.28. The van der Waals surface area contributed by atoms with Crippen molar-refractivity contribution in [3.05, 3.63) is 51.9 Å². The highest BCUT2D eigenvalue weighted by Crippen LogP contribution is 2.31. The van der Waals surface area contributed by atoms with Crippen molar-refractivity contribution in [3.63, 3.8) is 0 Å². The van der Waals surface area contributed by atoms with Crippen LogP contribution >= 0.6 is 0 Å². The largest absolute Gasteiger partial charge is 0.294 e. The van der Waals surface area contributed by atoms with Crippen LogP contribution in [0.1, 0.15) is 23.0 Å².